The van der Waals surface area contributed by atoms with Crippen molar-refractivity contribution in [3.8, 4) is 0 Å². The lowest BCUT2D eigenvalue weighted by Gasteiger charge is -2.45. The Morgan fingerprint density at radius 3 is 2.84 bits per heavy atom. The van der Waals surface area contributed by atoms with Gasteiger partial charge in [-0.2, -0.15) is 0 Å². The van der Waals surface area contributed by atoms with Gasteiger partial charge in [-0.1, -0.05) is 6.07 Å². The third-order valence-electron chi connectivity index (χ3n) is 5.42. The van der Waals surface area contributed by atoms with Gasteiger partial charge in [-0.05, 0) is 31.0 Å². The van der Waals surface area contributed by atoms with Crippen LogP contribution in [0, 0.1) is 13.8 Å². The van der Waals surface area contributed by atoms with Crippen molar-refractivity contribution in [1.82, 2.24) is 24.7 Å². The summed E-state index contributed by atoms with van der Waals surface area (Å²) in [4.78, 5) is 38.1. The molecular formula is C18H23N5O2. The molecule has 132 valence electrons. The van der Waals surface area contributed by atoms with E-state index in [9.17, 15) is 9.59 Å². The third-order valence-corrected chi connectivity index (χ3v) is 5.42. The van der Waals surface area contributed by atoms with Gasteiger partial charge < -0.3 is 14.8 Å². The Balaban J connectivity index is 1.53. The second kappa shape index (κ2) is 5.84. The van der Waals surface area contributed by atoms with E-state index in [4.69, 9.17) is 4.98 Å². The van der Waals surface area contributed by atoms with E-state index in [2.05, 4.69) is 35.9 Å². The highest BCUT2D eigenvalue weighted by Crippen LogP contribution is 2.22. The first-order valence-electron chi connectivity index (χ1n) is 8.65. The van der Waals surface area contributed by atoms with Gasteiger partial charge in [0.25, 0.3) is 0 Å². The summed E-state index contributed by atoms with van der Waals surface area (Å²) in [6.45, 7) is 6.94. The molecule has 1 unspecified atom stereocenters. The maximum absolute atomic E-state index is 12.4. The van der Waals surface area contributed by atoms with Gasteiger partial charge in [0.05, 0.1) is 24.1 Å². The van der Waals surface area contributed by atoms with E-state index in [1.165, 1.54) is 16.0 Å². The molecule has 1 atom stereocenters. The Labute approximate surface area is 146 Å². The second-order valence-electron chi connectivity index (χ2n) is 7.12. The number of H-pyrrole nitrogens is 1. The number of aryl methyl sites for hydroxylation is 2. The summed E-state index contributed by atoms with van der Waals surface area (Å²) >= 11 is 0. The predicted octanol–water partition coefficient (Wildman–Crippen LogP) is 0.665. The van der Waals surface area contributed by atoms with Gasteiger partial charge in [-0.3, -0.25) is 14.5 Å². The number of aromatic amines is 1. The third kappa shape index (κ3) is 2.68. The fraction of sp³-hybridized carbons (Fsp3) is 0.500. The van der Waals surface area contributed by atoms with Crippen LogP contribution in [0.2, 0.25) is 0 Å². The number of imidazole rings is 1. The number of aromatic nitrogens is 2. The van der Waals surface area contributed by atoms with Crippen LogP contribution in [0.4, 0.5) is 0 Å². The van der Waals surface area contributed by atoms with Crippen LogP contribution in [0.3, 0.4) is 0 Å². The van der Waals surface area contributed by atoms with E-state index in [-0.39, 0.29) is 24.4 Å². The number of carbonyl (C=O) groups excluding carboxylic acids is 2. The zero-order chi connectivity index (χ0) is 17.7. The zero-order valence-corrected chi connectivity index (χ0v) is 14.9. The quantitative estimate of drug-likeness (QED) is 0.871. The molecule has 25 heavy (non-hydrogen) atoms. The van der Waals surface area contributed by atoms with Gasteiger partial charge >= 0.3 is 0 Å². The number of fused-ring (bicyclic) bond motifs is 2. The van der Waals surface area contributed by atoms with Crippen LogP contribution >= 0.6 is 0 Å². The number of likely N-dealkylation sites (N-methyl/N-ethyl adjacent to an activating group) is 1. The van der Waals surface area contributed by atoms with Gasteiger partial charge in [-0.15, -0.1) is 0 Å². The first kappa shape index (κ1) is 16.1. The highest BCUT2D eigenvalue weighted by Gasteiger charge is 2.41. The van der Waals surface area contributed by atoms with Crippen LogP contribution in [-0.2, 0) is 16.1 Å². The highest BCUT2D eigenvalue weighted by molar-refractivity contribution is 5.95. The molecule has 2 amide bonds. The van der Waals surface area contributed by atoms with Crippen LogP contribution in [0.5, 0.6) is 0 Å². The normalized spacial score (nSPS) is 22.0. The van der Waals surface area contributed by atoms with E-state index in [0.717, 1.165) is 23.4 Å². The van der Waals surface area contributed by atoms with Crippen molar-refractivity contribution in [3.63, 3.8) is 0 Å². The molecule has 1 aromatic heterocycles. The largest absolute Gasteiger partial charge is 0.341 e. The topological polar surface area (TPSA) is 72.5 Å². The maximum atomic E-state index is 12.4. The Kier molecular flexibility index (Phi) is 3.76. The minimum atomic E-state index is -0.367. The summed E-state index contributed by atoms with van der Waals surface area (Å²) in [7, 11) is 1.70. The molecule has 4 rings (SSSR count). The lowest BCUT2D eigenvalue weighted by Crippen LogP contribution is -2.65. The smallest absolute Gasteiger partial charge is 0.246 e. The summed E-state index contributed by atoms with van der Waals surface area (Å²) in [5, 5.41) is 0. The summed E-state index contributed by atoms with van der Waals surface area (Å²) in [6, 6.07) is 3.79. The predicted molar refractivity (Wildman–Crippen MR) is 94.0 cm³/mol. The van der Waals surface area contributed by atoms with Crippen molar-refractivity contribution in [1.29, 1.82) is 0 Å². The summed E-state index contributed by atoms with van der Waals surface area (Å²) in [5.74, 6) is 0.974. The van der Waals surface area contributed by atoms with Crippen molar-refractivity contribution in [3.05, 3.63) is 29.1 Å². The number of carbonyl (C=O) groups is 2. The lowest BCUT2D eigenvalue weighted by molar-refractivity contribution is -0.158. The molecule has 3 heterocycles. The summed E-state index contributed by atoms with van der Waals surface area (Å²) in [6.07, 6.45) is 0. The molecule has 1 N–H and O–H groups in total. The standard InChI is InChI=1S/C18H23N5O2/c1-11-4-5-13-17(12(11)2)20-15(19-13)9-22-6-7-23-14(8-22)18(25)21(3)10-16(23)24/h4-5,14H,6-10H2,1-3H3,(H,19,20). The molecule has 0 saturated carbocycles. The molecule has 1 aromatic carbocycles. The zero-order valence-electron chi connectivity index (χ0n) is 14.9. The number of hydrogen-bond acceptors (Lipinski definition) is 4. The number of benzene rings is 1. The number of rotatable bonds is 2. The van der Waals surface area contributed by atoms with Crippen LogP contribution in [0.1, 0.15) is 17.0 Å². The first-order valence-corrected chi connectivity index (χ1v) is 8.65. The number of hydrogen-bond donors (Lipinski definition) is 1. The number of nitrogens with zero attached hydrogens (tertiary/aromatic N) is 4. The minimum Gasteiger partial charge on any atom is -0.341 e. The van der Waals surface area contributed by atoms with Gasteiger partial charge in [-0.25, -0.2) is 4.98 Å². The van der Waals surface area contributed by atoms with Crippen LogP contribution < -0.4 is 0 Å². The van der Waals surface area contributed by atoms with Gasteiger partial charge in [0.15, 0.2) is 0 Å². The number of piperazine rings is 2. The summed E-state index contributed by atoms with van der Waals surface area (Å²) < 4.78 is 0. The SMILES string of the molecule is Cc1ccc2[nH]c(CN3CCN4C(=O)CN(C)C(=O)C4C3)nc2c1C. The van der Waals surface area contributed by atoms with Gasteiger partial charge in [0.2, 0.25) is 11.8 Å². The molecule has 2 aliphatic rings. The Morgan fingerprint density at radius 1 is 1.24 bits per heavy atom. The monoisotopic (exact) mass is 341 g/mol. The molecule has 0 spiro atoms. The van der Waals surface area contributed by atoms with E-state index in [0.29, 0.717) is 19.6 Å². The molecule has 2 fully saturated rings. The van der Waals surface area contributed by atoms with E-state index in [1.54, 1.807) is 11.9 Å². The Bertz CT molecular complexity index is 859. The van der Waals surface area contributed by atoms with Gasteiger partial charge in [0.1, 0.15) is 11.9 Å². The Hall–Kier alpha value is -2.41. The van der Waals surface area contributed by atoms with Crippen LogP contribution in [0.25, 0.3) is 11.0 Å². The van der Waals surface area contributed by atoms with Crippen molar-refractivity contribution in [2.24, 2.45) is 0 Å². The number of amides is 2. The average Bonchev–Trinajstić information content (AvgIpc) is 2.99. The molecule has 2 aromatic rings. The molecule has 2 aliphatic heterocycles. The van der Waals surface area contributed by atoms with Crippen molar-refractivity contribution in [2.45, 2.75) is 26.4 Å². The second-order valence-corrected chi connectivity index (χ2v) is 7.12. The van der Waals surface area contributed by atoms with Crippen molar-refractivity contribution in [2.75, 3.05) is 33.2 Å². The number of nitrogens with one attached hydrogen (secondary N) is 1. The molecule has 2 saturated heterocycles. The van der Waals surface area contributed by atoms with E-state index in [1.807, 2.05) is 0 Å². The van der Waals surface area contributed by atoms with Crippen LogP contribution in [-0.4, -0.2) is 75.8 Å². The molecule has 7 heteroatoms. The first-order chi connectivity index (χ1) is 11.9. The van der Waals surface area contributed by atoms with Crippen molar-refractivity contribution >= 4 is 22.8 Å². The maximum Gasteiger partial charge on any atom is 0.246 e. The molecular weight excluding hydrogens is 318 g/mol. The lowest BCUT2D eigenvalue weighted by atomic mass is 10.1. The molecule has 0 bridgehead atoms. The summed E-state index contributed by atoms with van der Waals surface area (Å²) in [5.41, 5.74) is 4.48. The molecule has 0 radical (unpaired) electrons. The fourth-order valence-corrected chi connectivity index (χ4v) is 3.77. The van der Waals surface area contributed by atoms with Gasteiger partial charge in [0, 0.05) is 26.7 Å². The minimum absolute atomic E-state index is 0.0281. The molecule has 7 nitrogen and oxygen atoms in total. The average molecular weight is 341 g/mol. The van der Waals surface area contributed by atoms with Crippen LogP contribution in [0.15, 0.2) is 12.1 Å². The Morgan fingerprint density at radius 2 is 2.04 bits per heavy atom. The fourth-order valence-electron chi connectivity index (χ4n) is 3.77. The molecule has 0 aliphatic carbocycles. The highest BCUT2D eigenvalue weighted by atomic mass is 16.2. The van der Waals surface area contributed by atoms with E-state index < -0.39 is 0 Å². The van der Waals surface area contributed by atoms with E-state index >= 15 is 0 Å². The van der Waals surface area contributed by atoms with Crippen molar-refractivity contribution < 1.29 is 9.59 Å².